The van der Waals surface area contributed by atoms with Crippen LogP contribution in [0.25, 0.3) is 0 Å². The number of halogens is 1. The fraction of sp³-hybridized carbons (Fsp3) is 0.548. The van der Waals surface area contributed by atoms with Gasteiger partial charge in [0, 0.05) is 24.4 Å². The third-order valence-electron chi connectivity index (χ3n) is 11.6. The van der Waals surface area contributed by atoms with Crippen molar-refractivity contribution in [3.05, 3.63) is 77.1 Å². The molecule has 6 atom stereocenters. The van der Waals surface area contributed by atoms with E-state index in [4.69, 9.17) is 14.2 Å². The SMILES string of the molecule is COc1ccc([C@H]2[C@H](OC(=O)N3Cc4cccc(F)c4C3)CC3C(=O)NC4(C(=O)NS(=O)(=O)C5CC5)CC4/C=C\CCCCCC(NC(=O)OC(C)(C)C)C(=O)N32)cc1. The fourth-order valence-corrected chi connectivity index (χ4v) is 9.63. The first-order chi connectivity index (χ1) is 28.0. The van der Waals surface area contributed by atoms with E-state index in [0.29, 0.717) is 54.5 Å². The first-order valence-corrected chi connectivity index (χ1v) is 21.8. The molecular formula is C42H52FN5O10S. The summed E-state index contributed by atoms with van der Waals surface area (Å²) in [5.74, 6) is -2.77. The van der Waals surface area contributed by atoms with E-state index in [9.17, 15) is 32.0 Å². The van der Waals surface area contributed by atoms with Crippen molar-refractivity contribution in [2.24, 2.45) is 5.92 Å². The van der Waals surface area contributed by atoms with E-state index >= 15 is 4.79 Å². The Labute approximate surface area is 343 Å². The molecule has 3 fully saturated rings. The average Bonchev–Trinajstić information content (AvgIpc) is 4.07. The molecule has 0 aromatic heterocycles. The maximum Gasteiger partial charge on any atom is 0.410 e. The van der Waals surface area contributed by atoms with Gasteiger partial charge in [0.25, 0.3) is 5.91 Å². The summed E-state index contributed by atoms with van der Waals surface area (Å²) in [6.07, 6.45) is 4.44. The zero-order chi connectivity index (χ0) is 42.3. The van der Waals surface area contributed by atoms with Crippen LogP contribution in [0.4, 0.5) is 14.0 Å². The Bertz CT molecular complexity index is 2120. The summed E-state index contributed by atoms with van der Waals surface area (Å²) in [5, 5.41) is 4.90. The van der Waals surface area contributed by atoms with Crippen molar-refractivity contribution in [2.75, 3.05) is 7.11 Å². The second-order valence-corrected chi connectivity index (χ2v) is 19.0. The number of nitrogens with one attached hydrogen (secondary N) is 3. The highest BCUT2D eigenvalue weighted by Crippen LogP contribution is 2.47. The minimum absolute atomic E-state index is 0.0501. The molecule has 2 aliphatic carbocycles. The van der Waals surface area contributed by atoms with E-state index in [1.807, 2.05) is 12.2 Å². The van der Waals surface area contributed by atoms with E-state index in [1.165, 1.54) is 23.0 Å². The van der Waals surface area contributed by atoms with Gasteiger partial charge in [-0.1, -0.05) is 49.3 Å². The Balaban J connectivity index is 1.27. The second kappa shape index (κ2) is 16.5. The molecular weight excluding hydrogens is 786 g/mol. The number of rotatable bonds is 7. The van der Waals surface area contributed by atoms with Gasteiger partial charge < -0.3 is 29.7 Å². The van der Waals surface area contributed by atoms with Crippen molar-refractivity contribution in [2.45, 2.75) is 132 Å². The highest BCUT2D eigenvalue weighted by molar-refractivity contribution is 7.91. The minimum atomic E-state index is -3.98. The molecule has 0 spiro atoms. The first kappa shape index (κ1) is 42.0. The van der Waals surface area contributed by atoms with Crippen molar-refractivity contribution in [3.63, 3.8) is 0 Å². The highest BCUT2D eigenvalue weighted by Gasteiger charge is 2.63. The molecule has 59 heavy (non-hydrogen) atoms. The normalized spacial score (nSPS) is 27.8. The van der Waals surface area contributed by atoms with Gasteiger partial charge in [-0.3, -0.25) is 24.0 Å². The van der Waals surface area contributed by atoms with Crippen LogP contribution in [0, 0.1) is 11.7 Å². The van der Waals surface area contributed by atoms with E-state index in [0.717, 1.165) is 6.42 Å². The maximum atomic E-state index is 15.2. The predicted octanol–water partition coefficient (Wildman–Crippen LogP) is 4.89. The molecule has 0 radical (unpaired) electrons. The quantitative estimate of drug-likeness (QED) is 0.324. The topological polar surface area (TPSA) is 190 Å². The molecule has 318 valence electrons. The smallest absolute Gasteiger partial charge is 0.410 e. The summed E-state index contributed by atoms with van der Waals surface area (Å²) in [6.45, 7) is 5.11. The Kier molecular flexibility index (Phi) is 11.7. The third kappa shape index (κ3) is 9.19. The molecule has 7 rings (SSSR count). The third-order valence-corrected chi connectivity index (χ3v) is 13.4. The maximum absolute atomic E-state index is 15.2. The Morgan fingerprint density at radius 3 is 2.41 bits per heavy atom. The first-order valence-electron chi connectivity index (χ1n) is 20.2. The van der Waals surface area contributed by atoms with Crippen LogP contribution in [-0.4, -0.2) is 89.8 Å². The number of methoxy groups -OCH3 is 1. The number of hydrogen-bond acceptors (Lipinski definition) is 10. The van der Waals surface area contributed by atoms with Gasteiger partial charge in [0.2, 0.25) is 21.8 Å². The zero-order valence-corrected chi connectivity index (χ0v) is 34.5. The molecule has 5 aliphatic rings. The van der Waals surface area contributed by atoms with Gasteiger partial charge in [-0.25, -0.2) is 22.4 Å². The van der Waals surface area contributed by atoms with Crippen LogP contribution in [0.1, 0.15) is 101 Å². The molecule has 17 heteroatoms. The lowest BCUT2D eigenvalue weighted by Gasteiger charge is -2.35. The number of sulfonamides is 1. The van der Waals surface area contributed by atoms with Crippen LogP contribution < -0.4 is 20.1 Å². The number of fused-ring (bicyclic) bond motifs is 3. The van der Waals surface area contributed by atoms with Crippen LogP contribution >= 0.6 is 0 Å². The zero-order valence-electron chi connectivity index (χ0n) is 33.7. The van der Waals surface area contributed by atoms with Gasteiger partial charge in [0.05, 0.1) is 24.9 Å². The van der Waals surface area contributed by atoms with Crippen LogP contribution in [-0.2, 0) is 47.0 Å². The Morgan fingerprint density at radius 1 is 0.983 bits per heavy atom. The van der Waals surface area contributed by atoms with Gasteiger partial charge in [-0.2, -0.15) is 0 Å². The summed E-state index contributed by atoms with van der Waals surface area (Å²) in [4.78, 5) is 73.8. The lowest BCUT2D eigenvalue weighted by Crippen LogP contribution is -2.58. The van der Waals surface area contributed by atoms with Gasteiger partial charge >= 0.3 is 12.2 Å². The molecule has 3 N–H and O–H groups in total. The van der Waals surface area contributed by atoms with Crippen LogP contribution in [0.5, 0.6) is 5.75 Å². The van der Waals surface area contributed by atoms with Crippen molar-refractivity contribution >= 4 is 39.9 Å². The Hall–Kier alpha value is -5.19. The van der Waals surface area contributed by atoms with Gasteiger partial charge in [0.1, 0.15) is 40.9 Å². The lowest BCUT2D eigenvalue weighted by molar-refractivity contribution is -0.143. The lowest BCUT2D eigenvalue weighted by atomic mass is 10.00. The molecule has 1 saturated heterocycles. The minimum Gasteiger partial charge on any atom is -0.497 e. The molecule has 5 amide bonds. The number of carbonyl (C=O) groups is 5. The van der Waals surface area contributed by atoms with Crippen LogP contribution in [0.2, 0.25) is 0 Å². The molecule has 3 aliphatic heterocycles. The summed E-state index contributed by atoms with van der Waals surface area (Å²) in [6, 6.07) is 7.65. The van der Waals surface area contributed by atoms with Gasteiger partial charge in [0.15, 0.2) is 0 Å². The summed E-state index contributed by atoms with van der Waals surface area (Å²) in [5.41, 5.74) is -1.05. The molecule has 4 unspecified atom stereocenters. The van der Waals surface area contributed by atoms with Gasteiger partial charge in [-0.15, -0.1) is 0 Å². The second-order valence-electron chi connectivity index (χ2n) is 17.1. The van der Waals surface area contributed by atoms with E-state index in [-0.39, 0.29) is 32.4 Å². The number of benzene rings is 2. The monoisotopic (exact) mass is 837 g/mol. The number of allylic oxidation sites excluding steroid dienone is 1. The number of nitrogens with zero attached hydrogens (tertiary/aromatic N) is 2. The molecule has 0 bridgehead atoms. The van der Waals surface area contributed by atoms with E-state index in [2.05, 4.69) is 15.4 Å². The molecule has 2 aromatic rings. The molecule has 15 nitrogen and oxygen atoms in total. The standard InChI is InChI=1S/C42H52FN5O10S/c1-41(2,3)58-39(52)44-32-14-9-7-5-6-8-12-27-22-42(27,38(51)46-59(54,55)29-19-20-29)45-36(49)33-21-34(35(48(33)37(32)50)25-15-17-28(56-4)18-16-25)57-40(53)47-23-26-11-10-13-31(43)30(26)24-47/h8,10-13,15-18,27,29,32-35H,5-7,9,14,19-24H2,1-4H3,(H,44,52)(H,45,49)(H,46,51)/b12-8-/t27?,32?,33?,34-,35+,42?/m1/s1. The Morgan fingerprint density at radius 2 is 1.73 bits per heavy atom. The predicted molar refractivity (Wildman–Crippen MR) is 211 cm³/mol. The van der Waals surface area contributed by atoms with Crippen molar-refractivity contribution in [3.8, 4) is 5.75 Å². The van der Waals surface area contributed by atoms with Crippen LogP contribution in [0.15, 0.2) is 54.6 Å². The van der Waals surface area contributed by atoms with Crippen LogP contribution in [0.3, 0.4) is 0 Å². The van der Waals surface area contributed by atoms with Crippen molar-refractivity contribution in [1.29, 1.82) is 0 Å². The number of alkyl carbamates (subject to hydrolysis) is 1. The number of ether oxygens (including phenoxy) is 3. The van der Waals surface area contributed by atoms with E-state index in [1.54, 1.807) is 57.2 Å². The molecule has 2 saturated carbocycles. The summed E-state index contributed by atoms with van der Waals surface area (Å²) in [7, 11) is -2.49. The highest BCUT2D eigenvalue weighted by atomic mass is 32.2. The molecule has 3 heterocycles. The number of carbonyl (C=O) groups excluding carboxylic acids is 5. The van der Waals surface area contributed by atoms with Crippen molar-refractivity contribution in [1.82, 2.24) is 25.2 Å². The summed E-state index contributed by atoms with van der Waals surface area (Å²) >= 11 is 0. The number of hydrogen-bond donors (Lipinski definition) is 3. The van der Waals surface area contributed by atoms with Gasteiger partial charge in [-0.05, 0) is 88.6 Å². The fourth-order valence-electron chi connectivity index (χ4n) is 8.26. The average molecular weight is 838 g/mol. The van der Waals surface area contributed by atoms with Crippen molar-refractivity contribution < 1.29 is 51.0 Å². The largest absolute Gasteiger partial charge is 0.497 e. The molecule has 2 aromatic carbocycles. The number of amides is 5. The van der Waals surface area contributed by atoms with E-state index < -0.39 is 92.3 Å². The summed E-state index contributed by atoms with van der Waals surface area (Å²) < 4.78 is 60.0.